The van der Waals surface area contributed by atoms with Crippen LogP contribution in [0.25, 0.3) is 5.57 Å². The molecule has 0 fully saturated rings. The molecule has 3 aromatic carbocycles. The molecule has 1 heteroatoms. The zero-order valence-electron chi connectivity index (χ0n) is 14.6. The lowest BCUT2D eigenvalue weighted by molar-refractivity contribution is 0.131. The molecule has 0 radical (unpaired) electrons. The van der Waals surface area contributed by atoms with Gasteiger partial charge in [-0.15, -0.1) is 0 Å². The molecule has 0 unspecified atom stereocenters. The van der Waals surface area contributed by atoms with Crippen molar-refractivity contribution in [3.63, 3.8) is 0 Å². The summed E-state index contributed by atoms with van der Waals surface area (Å²) < 4.78 is 0. The van der Waals surface area contributed by atoms with Crippen LogP contribution in [0.15, 0.2) is 109 Å². The fraction of sp³-hybridized carbons (Fsp3) is 0.120. The van der Waals surface area contributed by atoms with Crippen molar-refractivity contribution in [2.45, 2.75) is 12.5 Å². The Kier molecular flexibility index (Phi) is 4.81. The van der Waals surface area contributed by atoms with Gasteiger partial charge >= 0.3 is 0 Å². The van der Waals surface area contributed by atoms with E-state index in [0.717, 1.165) is 12.0 Å². The van der Waals surface area contributed by atoms with Gasteiger partial charge in [0.05, 0.1) is 6.10 Å². The van der Waals surface area contributed by atoms with Gasteiger partial charge in [0.2, 0.25) is 0 Å². The highest BCUT2D eigenvalue weighted by atomic mass is 16.3. The lowest BCUT2D eigenvalue weighted by atomic mass is 9.83. The summed E-state index contributed by atoms with van der Waals surface area (Å²) in [5, 5.41) is 11.1. The van der Waals surface area contributed by atoms with Crippen LogP contribution in [0.3, 0.4) is 0 Å². The molecule has 0 heterocycles. The first-order chi connectivity index (χ1) is 12.8. The zero-order chi connectivity index (χ0) is 17.8. The predicted molar refractivity (Wildman–Crippen MR) is 108 cm³/mol. The van der Waals surface area contributed by atoms with E-state index in [0.29, 0.717) is 0 Å². The van der Waals surface area contributed by atoms with Gasteiger partial charge in [0.15, 0.2) is 0 Å². The maximum absolute atomic E-state index is 11.1. The molecule has 128 valence electrons. The third-order valence-electron chi connectivity index (χ3n) is 5.02. The van der Waals surface area contributed by atoms with Gasteiger partial charge in [-0.1, -0.05) is 103 Å². The van der Waals surface area contributed by atoms with Crippen molar-refractivity contribution < 1.29 is 5.11 Å². The fourth-order valence-electron chi connectivity index (χ4n) is 3.75. The maximum Gasteiger partial charge on any atom is 0.0861 e. The largest absolute Gasteiger partial charge is 0.388 e. The van der Waals surface area contributed by atoms with Crippen LogP contribution in [0.1, 0.15) is 29.2 Å². The Morgan fingerprint density at radius 3 is 1.77 bits per heavy atom. The van der Waals surface area contributed by atoms with Crippen LogP contribution in [-0.4, -0.2) is 5.11 Å². The lowest BCUT2D eigenvalue weighted by Gasteiger charge is -2.23. The van der Waals surface area contributed by atoms with E-state index in [4.69, 9.17) is 0 Å². The topological polar surface area (TPSA) is 20.2 Å². The summed E-state index contributed by atoms with van der Waals surface area (Å²) in [5.74, 6) is 0.0628. The number of aliphatic hydroxyl groups is 1. The van der Waals surface area contributed by atoms with Crippen LogP contribution in [0, 0.1) is 5.92 Å². The maximum atomic E-state index is 11.1. The standard InChI is InChI=1S/C25H22O/c26-25(21-15-8-3-9-16-21)23-18-10-17-22(23)24(19-11-4-1-5-12-19)20-13-6-2-7-14-20/h1-17,23,25-26H,18H2/t23-,25+/m0/s1. The van der Waals surface area contributed by atoms with E-state index >= 15 is 0 Å². The van der Waals surface area contributed by atoms with E-state index in [1.165, 1.54) is 22.3 Å². The molecule has 1 nitrogen and oxygen atoms in total. The molecule has 1 aliphatic carbocycles. The Balaban J connectivity index is 1.84. The van der Waals surface area contributed by atoms with Gasteiger partial charge in [0.1, 0.15) is 0 Å². The van der Waals surface area contributed by atoms with Gasteiger partial charge in [-0.25, -0.2) is 0 Å². The molecule has 3 aromatic rings. The van der Waals surface area contributed by atoms with Crippen molar-refractivity contribution in [1.29, 1.82) is 0 Å². The molecule has 0 spiro atoms. The first-order valence-electron chi connectivity index (χ1n) is 9.09. The van der Waals surface area contributed by atoms with E-state index in [-0.39, 0.29) is 5.92 Å². The molecule has 26 heavy (non-hydrogen) atoms. The second-order valence-electron chi connectivity index (χ2n) is 6.66. The predicted octanol–water partition coefficient (Wildman–Crippen LogP) is 5.80. The molecule has 0 aromatic heterocycles. The van der Waals surface area contributed by atoms with Gasteiger partial charge in [0.25, 0.3) is 0 Å². The Hall–Kier alpha value is -2.90. The van der Waals surface area contributed by atoms with Crippen LogP contribution < -0.4 is 0 Å². The van der Waals surface area contributed by atoms with Crippen molar-refractivity contribution in [2.75, 3.05) is 0 Å². The van der Waals surface area contributed by atoms with Crippen LogP contribution in [0.5, 0.6) is 0 Å². The average molecular weight is 338 g/mol. The minimum atomic E-state index is -0.511. The van der Waals surface area contributed by atoms with E-state index < -0.39 is 6.10 Å². The molecule has 0 amide bonds. The lowest BCUT2D eigenvalue weighted by Crippen LogP contribution is -2.13. The van der Waals surface area contributed by atoms with Gasteiger partial charge in [0, 0.05) is 5.92 Å². The average Bonchev–Trinajstić information content (AvgIpc) is 3.19. The number of rotatable bonds is 4. The number of benzene rings is 3. The fourth-order valence-corrected chi connectivity index (χ4v) is 3.75. The Bertz CT molecular complexity index is 867. The number of allylic oxidation sites excluding steroid dienone is 2. The summed E-state index contributed by atoms with van der Waals surface area (Å²) in [6.07, 6.45) is 4.71. The third kappa shape index (κ3) is 3.26. The summed E-state index contributed by atoms with van der Waals surface area (Å²) >= 11 is 0. The molecule has 0 aliphatic heterocycles. The van der Waals surface area contributed by atoms with Gasteiger partial charge in [-0.05, 0) is 34.3 Å². The molecule has 0 saturated heterocycles. The van der Waals surface area contributed by atoms with Crippen LogP contribution in [0.4, 0.5) is 0 Å². The van der Waals surface area contributed by atoms with Crippen molar-refractivity contribution in [3.05, 3.63) is 125 Å². The van der Waals surface area contributed by atoms with Gasteiger partial charge in [-0.3, -0.25) is 0 Å². The van der Waals surface area contributed by atoms with E-state index in [9.17, 15) is 5.11 Å². The smallest absolute Gasteiger partial charge is 0.0861 e. The van der Waals surface area contributed by atoms with Gasteiger partial charge in [-0.2, -0.15) is 0 Å². The molecule has 0 bridgehead atoms. The molecule has 1 aliphatic rings. The van der Waals surface area contributed by atoms with Crippen LogP contribution in [-0.2, 0) is 0 Å². The first-order valence-corrected chi connectivity index (χ1v) is 9.09. The monoisotopic (exact) mass is 338 g/mol. The first kappa shape index (κ1) is 16.6. The summed E-state index contributed by atoms with van der Waals surface area (Å²) in [5.41, 5.74) is 5.76. The zero-order valence-corrected chi connectivity index (χ0v) is 14.6. The summed E-state index contributed by atoms with van der Waals surface area (Å²) in [6, 6.07) is 30.9. The second kappa shape index (κ2) is 7.55. The molecular formula is C25H22O. The number of hydrogen-bond acceptors (Lipinski definition) is 1. The van der Waals surface area contributed by atoms with Crippen LogP contribution >= 0.6 is 0 Å². The van der Waals surface area contributed by atoms with Crippen molar-refractivity contribution >= 4 is 5.57 Å². The summed E-state index contributed by atoms with van der Waals surface area (Å²) in [4.78, 5) is 0. The van der Waals surface area contributed by atoms with Crippen molar-refractivity contribution in [2.24, 2.45) is 5.92 Å². The summed E-state index contributed by atoms with van der Waals surface area (Å²) in [6.45, 7) is 0. The Morgan fingerprint density at radius 1 is 0.731 bits per heavy atom. The number of aliphatic hydroxyl groups excluding tert-OH is 1. The van der Waals surface area contributed by atoms with Gasteiger partial charge < -0.3 is 5.11 Å². The molecule has 0 saturated carbocycles. The second-order valence-corrected chi connectivity index (χ2v) is 6.66. The SMILES string of the molecule is O[C@H](c1ccccc1)[C@H]1CC=CC1=C(c1ccccc1)c1ccccc1. The van der Waals surface area contributed by atoms with E-state index in [1.54, 1.807) is 0 Å². The highest BCUT2D eigenvalue weighted by molar-refractivity contribution is 5.84. The molecular weight excluding hydrogens is 316 g/mol. The Morgan fingerprint density at radius 2 is 1.23 bits per heavy atom. The minimum Gasteiger partial charge on any atom is -0.388 e. The molecule has 1 N–H and O–H groups in total. The molecule has 4 rings (SSSR count). The highest BCUT2D eigenvalue weighted by Crippen LogP contribution is 2.41. The van der Waals surface area contributed by atoms with E-state index in [2.05, 4.69) is 60.7 Å². The highest BCUT2D eigenvalue weighted by Gasteiger charge is 2.28. The molecule has 2 atom stereocenters. The third-order valence-corrected chi connectivity index (χ3v) is 5.02. The quantitative estimate of drug-likeness (QED) is 0.637. The normalized spacial score (nSPS) is 17.3. The van der Waals surface area contributed by atoms with Crippen molar-refractivity contribution in [3.8, 4) is 0 Å². The Labute approximate surface area is 155 Å². The summed E-state index contributed by atoms with van der Waals surface area (Å²) in [7, 11) is 0. The minimum absolute atomic E-state index is 0.0628. The van der Waals surface area contributed by atoms with Crippen LogP contribution in [0.2, 0.25) is 0 Å². The number of hydrogen-bond donors (Lipinski definition) is 1. The van der Waals surface area contributed by atoms with E-state index in [1.807, 2.05) is 42.5 Å². The van der Waals surface area contributed by atoms with Crippen molar-refractivity contribution in [1.82, 2.24) is 0 Å².